The predicted octanol–water partition coefficient (Wildman–Crippen LogP) is 1.33. The highest BCUT2D eigenvalue weighted by atomic mass is 16.5. The van der Waals surface area contributed by atoms with Crippen LogP contribution < -0.4 is 5.32 Å². The van der Waals surface area contributed by atoms with E-state index in [4.69, 9.17) is 9.84 Å². The van der Waals surface area contributed by atoms with E-state index in [1.807, 2.05) is 6.92 Å². The predicted molar refractivity (Wildman–Crippen MR) is 71.0 cm³/mol. The molecular weight excluding hydrogens is 246 g/mol. The van der Waals surface area contributed by atoms with Crippen LogP contribution in [0.5, 0.6) is 0 Å². The SMILES string of the molecule is CCOCC(NCc1ncncc1C(=O)O)C(C)C. The zero-order valence-electron chi connectivity index (χ0n) is 11.6. The quantitative estimate of drug-likeness (QED) is 0.739. The number of ether oxygens (including phenoxy) is 1. The number of nitrogens with one attached hydrogen (secondary N) is 1. The van der Waals surface area contributed by atoms with Gasteiger partial charge in [0.15, 0.2) is 0 Å². The van der Waals surface area contributed by atoms with Gasteiger partial charge in [-0.3, -0.25) is 0 Å². The molecule has 106 valence electrons. The van der Waals surface area contributed by atoms with Gasteiger partial charge in [-0.1, -0.05) is 13.8 Å². The van der Waals surface area contributed by atoms with E-state index in [2.05, 4.69) is 29.1 Å². The first-order valence-electron chi connectivity index (χ1n) is 6.39. The Bertz CT molecular complexity index is 410. The van der Waals surface area contributed by atoms with Crippen molar-refractivity contribution >= 4 is 5.97 Å². The van der Waals surface area contributed by atoms with E-state index in [9.17, 15) is 4.79 Å². The van der Waals surface area contributed by atoms with Gasteiger partial charge in [-0.25, -0.2) is 14.8 Å². The Kier molecular flexibility index (Phi) is 6.38. The summed E-state index contributed by atoms with van der Waals surface area (Å²) in [7, 11) is 0. The maximum Gasteiger partial charge on any atom is 0.339 e. The number of aromatic carboxylic acids is 1. The van der Waals surface area contributed by atoms with Gasteiger partial charge in [-0.15, -0.1) is 0 Å². The van der Waals surface area contributed by atoms with Crippen LogP contribution in [0.2, 0.25) is 0 Å². The maximum atomic E-state index is 11.0. The van der Waals surface area contributed by atoms with Crippen molar-refractivity contribution < 1.29 is 14.6 Å². The molecule has 1 aromatic heterocycles. The van der Waals surface area contributed by atoms with E-state index in [1.165, 1.54) is 12.5 Å². The largest absolute Gasteiger partial charge is 0.478 e. The first-order chi connectivity index (χ1) is 9.06. The molecule has 6 nitrogen and oxygen atoms in total. The summed E-state index contributed by atoms with van der Waals surface area (Å²) in [5, 5.41) is 12.3. The van der Waals surface area contributed by atoms with E-state index < -0.39 is 5.97 Å². The van der Waals surface area contributed by atoms with Crippen molar-refractivity contribution in [2.24, 2.45) is 5.92 Å². The molecule has 0 bridgehead atoms. The van der Waals surface area contributed by atoms with Crippen LogP contribution >= 0.6 is 0 Å². The summed E-state index contributed by atoms with van der Waals surface area (Å²) in [6.07, 6.45) is 2.68. The summed E-state index contributed by atoms with van der Waals surface area (Å²) in [5.74, 6) is -0.620. The van der Waals surface area contributed by atoms with E-state index in [0.717, 1.165) is 0 Å². The molecule has 1 aromatic rings. The second kappa shape index (κ2) is 7.81. The average molecular weight is 267 g/mol. The number of carboxylic acids is 1. The highest BCUT2D eigenvalue weighted by molar-refractivity contribution is 5.88. The molecule has 0 amide bonds. The molecular formula is C13H21N3O3. The standard InChI is InChI=1S/C13H21N3O3/c1-4-19-7-12(9(2)3)15-6-11-10(13(17)18)5-14-8-16-11/h5,8-9,12,15H,4,6-7H2,1-3H3,(H,17,18). The molecule has 2 N–H and O–H groups in total. The lowest BCUT2D eigenvalue weighted by atomic mass is 10.1. The third-order valence-electron chi connectivity index (χ3n) is 2.86. The Morgan fingerprint density at radius 1 is 1.53 bits per heavy atom. The Labute approximate surface area is 113 Å². The molecule has 0 saturated carbocycles. The summed E-state index contributed by atoms with van der Waals surface area (Å²) >= 11 is 0. The molecule has 0 aromatic carbocycles. The lowest BCUT2D eigenvalue weighted by Crippen LogP contribution is -2.38. The molecule has 0 aliphatic heterocycles. The van der Waals surface area contributed by atoms with Crippen LogP contribution in [0.25, 0.3) is 0 Å². The van der Waals surface area contributed by atoms with Crippen LogP contribution in [0.4, 0.5) is 0 Å². The monoisotopic (exact) mass is 267 g/mol. The van der Waals surface area contributed by atoms with Crippen molar-refractivity contribution in [1.29, 1.82) is 0 Å². The number of nitrogens with zero attached hydrogens (tertiary/aromatic N) is 2. The van der Waals surface area contributed by atoms with E-state index in [1.54, 1.807) is 0 Å². The Balaban J connectivity index is 2.66. The second-order valence-electron chi connectivity index (χ2n) is 4.58. The van der Waals surface area contributed by atoms with Crippen molar-refractivity contribution in [2.75, 3.05) is 13.2 Å². The molecule has 19 heavy (non-hydrogen) atoms. The Morgan fingerprint density at radius 3 is 2.84 bits per heavy atom. The third kappa shape index (κ3) is 4.92. The van der Waals surface area contributed by atoms with Gasteiger partial charge in [0, 0.05) is 25.4 Å². The minimum absolute atomic E-state index is 0.133. The molecule has 1 heterocycles. The second-order valence-corrected chi connectivity index (χ2v) is 4.58. The fourth-order valence-electron chi connectivity index (χ4n) is 1.63. The highest BCUT2D eigenvalue weighted by Gasteiger charge is 2.16. The lowest BCUT2D eigenvalue weighted by Gasteiger charge is -2.22. The van der Waals surface area contributed by atoms with Gasteiger partial charge in [0.2, 0.25) is 0 Å². The smallest absolute Gasteiger partial charge is 0.339 e. The van der Waals surface area contributed by atoms with Gasteiger partial charge in [0.1, 0.15) is 11.9 Å². The topological polar surface area (TPSA) is 84.3 Å². The normalized spacial score (nSPS) is 12.6. The maximum absolute atomic E-state index is 11.0. The summed E-state index contributed by atoms with van der Waals surface area (Å²) < 4.78 is 5.41. The molecule has 0 fully saturated rings. The summed E-state index contributed by atoms with van der Waals surface area (Å²) in [6.45, 7) is 7.79. The van der Waals surface area contributed by atoms with Gasteiger partial charge in [-0.2, -0.15) is 0 Å². The van der Waals surface area contributed by atoms with Gasteiger partial charge < -0.3 is 15.2 Å². The zero-order chi connectivity index (χ0) is 14.3. The number of rotatable bonds is 8. The summed E-state index contributed by atoms with van der Waals surface area (Å²) in [4.78, 5) is 18.8. The molecule has 6 heteroatoms. The molecule has 0 saturated heterocycles. The van der Waals surface area contributed by atoms with Crippen molar-refractivity contribution in [2.45, 2.75) is 33.4 Å². The highest BCUT2D eigenvalue weighted by Crippen LogP contribution is 2.07. The average Bonchev–Trinajstić information content (AvgIpc) is 2.38. The van der Waals surface area contributed by atoms with Crippen molar-refractivity contribution in [1.82, 2.24) is 15.3 Å². The van der Waals surface area contributed by atoms with Crippen molar-refractivity contribution in [3.63, 3.8) is 0 Å². The van der Waals surface area contributed by atoms with Crippen molar-refractivity contribution in [3.8, 4) is 0 Å². The van der Waals surface area contributed by atoms with Crippen LogP contribution in [0, 0.1) is 5.92 Å². The van der Waals surface area contributed by atoms with E-state index in [0.29, 0.717) is 31.4 Å². The fraction of sp³-hybridized carbons (Fsp3) is 0.615. The number of carbonyl (C=O) groups is 1. The van der Waals surface area contributed by atoms with Gasteiger partial charge in [-0.05, 0) is 12.8 Å². The Hall–Kier alpha value is -1.53. The van der Waals surface area contributed by atoms with Crippen LogP contribution in [-0.4, -0.2) is 40.3 Å². The third-order valence-corrected chi connectivity index (χ3v) is 2.86. The van der Waals surface area contributed by atoms with Crippen LogP contribution in [0.15, 0.2) is 12.5 Å². The fourth-order valence-corrected chi connectivity index (χ4v) is 1.63. The summed E-state index contributed by atoms with van der Waals surface area (Å²) in [5.41, 5.74) is 0.624. The number of hydrogen-bond acceptors (Lipinski definition) is 5. The zero-order valence-corrected chi connectivity index (χ0v) is 11.6. The first kappa shape index (κ1) is 15.5. The molecule has 1 rings (SSSR count). The van der Waals surface area contributed by atoms with Crippen LogP contribution in [0.1, 0.15) is 36.8 Å². The van der Waals surface area contributed by atoms with Crippen LogP contribution in [-0.2, 0) is 11.3 Å². The first-order valence-corrected chi connectivity index (χ1v) is 6.39. The van der Waals surface area contributed by atoms with Crippen molar-refractivity contribution in [3.05, 3.63) is 23.8 Å². The van der Waals surface area contributed by atoms with Crippen LogP contribution in [0.3, 0.4) is 0 Å². The van der Waals surface area contributed by atoms with E-state index in [-0.39, 0.29) is 11.6 Å². The molecule has 0 aliphatic carbocycles. The molecule has 0 aliphatic rings. The minimum atomic E-state index is -1.01. The number of hydrogen-bond donors (Lipinski definition) is 2. The lowest BCUT2D eigenvalue weighted by molar-refractivity contribution is 0.0694. The number of aromatic nitrogens is 2. The molecule has 1 atom stereocenters. The van der Waals surface area contributed by atoms with Gasteiger partial charge in [0.25, 0.3) is 0 Å². The Morgan fingerprint density at radius 2 is 2.26 bits per heavy atom. The van der Waals surface area contributed by atoms with Gasteiger partial charge in [0.05, 0.1) is 12.3 Å². The molecule has 0 radical (unpaired) electrons. The van der Waals surface area contributed by atoms with E-state index >= 15 is 0 Å². The molecule has 0 spiro atoms. The minimum Gasteiger partial charge on any atom is -0.478 e. The summed E-state index contributed by atoms with van der Waals surface area (Å²) in [6, 6.07) is 0.163. The molecule has 1 unspecified atom stereocenters. The van der Waals surface area contributed by atoms with Gasteiger partial charge >= 0.3 is 5.97 Å². The number of carboxylic acid groups (broad SMARTS) is 1.